The van der Waals surface area contributed by atoms with Crippen LogP contribution < -0.4 is 4.74 Å². The topological polar surface area (TPSA) is 230 Å². The second-order valence-corrected chi connectivity index (χ2v) is 17.1. The van der Waals surface area contributed by atoms with Gasteiger partial charge in [-0.15, -0.1) is 0 Å². The first-order valence-electron chi connectivity index (χ1n) is 21.4. The van der Waals surface area contributed by atoms with Crippen molar-refractivity contribution in [1.29, 1.82) is 0 Å². The molecule has 0 radical (unpaired) electrons. The number of phenolic OH excluding ortho intramolecular Hbond substituents is 2. The molecular formula is C46H53N3O16. The summed E-state index contributed by atoms with van der Waals surface area (Å²) in [6.45, 7) is 3.87. The van der Waals surface area contributed by atoms with Crippen LogP contribution in [0.25, 0.3) is 0 Å². The number of aliphatic hydroxyl groups is 1. The van der Waals surface area contributed by atoms with Crippen molar-refractivity contribution in [2.45, 2.75) is 88.5 Å². The Balaban J connectivity index is 1.02. The molecule has 8 rings (SSSR count). The lowest BCUT2D eigenvalue weighted by atomic mass is 9.72. The van der Waals surface area contributed by atoms with E-state index in [-0.39, 0.29) is 60.2 Å². The van der Waals surface area contributed by atoms with Crippen molar-refractivity contribution < 1.29 is 77.2 Å². The molecule has 3 aromatic rings. The lowest BCUT2D eigenvalue weighted by molar-refractivity contribution is -0.256. The minimum absolute atomic E-state index is 0.000745. The summed E-state index contributed by atoms with van der Waals surface area (Å²) < 4.78 is 46.6. The number of aryl methyl sites for hydroxylation is 1. The standard InChI is InChI=1S/C46H53N3O16/c1-23-10-12-25(13-11-23)21-61-44(55)47(3)14-15-48(4)45(56)62-22-31(50)46(57)19-27-34(40(54)36-35(38(27)52)37(51)26-8-7-9-29(58-5)33(26)39(36)53)30(20-46)64-32-18-28-41(24(2)63-32)65-42-43(59-6)60-17-16-49(28)42/h7-13,24,28,30,32,41-43,52,54,57H,14-22H2,1-6H3/t24-,28-,30-,32-,41+,42?,43-,46-/m0/s1. The van der Waals surface area contributed by atoms with Crippen molar-refractivity contribution in [2.75, 3.05) is 61.2 Å². The highest BCUT2D eigenvalue weighted by Crippen LogP contribution is 2.53. The Morgan fingerprint density at radius 3 is 2.29 bits per heavy atom. The molecule has 2 amide bonds. The first-order chi connectivity index (χ1) is 31.0. The van der Waals surface area contributed by atoms with Crippen molar-refractivity contribution in [1.82, 2.24) is 14.7 Å². The van der Waals surface area contributed by atoms with E-state index in [9.17, 15) is 39.3 Å². The van der Waals surface area contributed by atoms with Gasteiger partial charge in [0.25, 0.3) is 0 Å². The van der Waals surface area contributed by atoms with Crippen molar-refractivity contribution in [2.24, 2.45) is 0 Å². The summed E-state index contributed by atoms with van der Waals surface area (Å²) in [7, 11) is 5.77. The predicted octanol–water partition coefficient (Wildman–Crippen LogP) is 3.36. The van der Waals surface area contributed by atoms with Gasteiger partial charge < -0.3 is 63.0 Å². The van der Waals surface area contributed by atoms with Crippen LogP contribution in [0.4, 0.5) is 9.59 Å². The molecule has 3 aliphatic heterocycles. The predicted molar refractivity (Wildman–Crippen MR) is 225 cm³/mol. The van der Waals surface area contributed by atoms with Gasteiger partial charge in [-0.05, 0) is 25.5 Å². The summed E-state index contributed by atoms with van der Waals surface area (Å²) in [6.07, 6.45) is -7.07. The zero-order chi connectivity index (χ0) is 46.5. The molecule has 0 saturated carbocycles. The van der Waals surface area contributed by atoms with Gasteiger partial charge in [0.05, 0.1) is 42.6 Å². The van der Waals surface area contributed by atoms with Crippen molar-refractivity contribution in [3.8, 4) is 17.2 Å². The lowest BCUT2D eigenvalue weighted by Gasteiger charge is -2.43. The maximum atomic E-state index is 14.2. The number of ether oxygens (including phenoxy) is 8. The smallest absolute Gasteiger partial charge is 0.409 e. The van der Waals surface area contributed by atoms with Crippen LogP contribution in [-0.4, -0.2) is 163 Å². The molecule has 65 heavy (non-hydrogen) atoms. The number of amides is 2. The van der Waals surface area contributed by atoms with Gasteiger partial charge >= 0.3 is 12.2 Å². The van der Waals surface area contributed by atoms with Gasteiger partial charge in [-0.1, -0.05) is 42.0 Å². The monoisotopic (exact) mass is 903 g/mol. The third-order valence-corrected chi connectivity index (χ3v) is 12.9. The molecule has 5 aliphatic rings. The summed E-state index contributed by atoms with van der Waals surface area (Å²) in [5.41, 5.74) is -2.05. The molecular weight excluding hydrogens is 851 g/mol. The van der Waals surface area contributed by atoms with Crippen molar-refractivity contribution >= 4 is 29.5 Å². The van der Waals surface area contributed by atoms with Crippen molar-refractivity contribution in [3.05, 3.63) is 87.0 Å². The van der Waals surface area contributed by atoms with Crippen LogP contribution in [0, 0.1) is 6.92 Å². The van der Waals surface area contributed by atoms with Crippen LogP contribution in [0.15, 0.2) is 42.5 Å². The van der Waals surface area contributed by atoms with E-state index in [4.69, 9.17) is 37.9 Å². The number of hydrogen-bond donors (Lipinski definition) is 3. The highest BCUT2D eigenvalue weighted by molar-refractivity contribution is 6.31. The number of nitrogens with zero attached hydrogens (tertiary/aromatic N) is 3. The molecule has 0 spiro atoms. The molecule has 19 nitrogen and oxygen atoms in total. The molecule has 3 aromatic carbocycles. The maximum Gasteiger partial charge on any atom is 0.409 e. The van der Waals surface area contributed by atoms with Gasteiger partial charge in [-0.25, -0.2) is 9.59 Å². The molecule has 19 heteroatoms. The number of morpholine rings is 1. The highest BCUT2D eigenvalue weighted by Gasteiger charge is 2.55. The molecule has 2 aliphatic carbocycles. The van der Waals surface area contributed by atoms with Crippen LogP contribution in [0.1, 0.15) is 80.0 Å². The molecule has 3 heterocycles. The Bertz CT molecular complexity index is 2370. The summed E-state index contributed by atoms with van der Waals surface area (Å²) in [4.78, 5) is 72.6. The van der Waals surface area contributed by atoms with Crippen LogP contribution >= 0.6 is 0 Å². The number of aromatic hydroxyl groups is 2. The highest BCUT2D eigenvalue weighted by atomic mass is 16.7. The molecule has 0 bridgehead atoms. The molecule has 348 valence electrons. The molecule has 0 aromatic heterocycles. The van der Waals surface area contributed by atoms with Gasteiger partial charge in [0.1, 0.15) is 35.6 Å². The zero-order valence-electron chi connectivity index (χ0n) is 36.9. The number of Topliss-reactive ketones (excluding diaryl/α,β-unsaturated/α-hetero) is 1. The molecule has 3 N–H and O–H groups in total. The second-order valence-electron chi connectivity index (χ2n) is 17.1. The summed E-state index contributed by atoms with van der Waals surface area (Å²) in [5.74, 6) is -3.90. The Morgan fingerprint density at radius 1 is 0.908 bits per heavy atom. The molecule has 3 fully saturated rings. The number of likely N-dealkylation sites (N-methyl/N-ethyl adjacent to an activating group) is 2. The minimum atomic E-state index is -2.40. The van der Waals surface area contributed by atoms with E-state index in [1.54, 1.807) is 6.92 Å². The average molecular weight is 904 g/mol. The number of methoxy groups -OCH3 is 2. The van der Waals surface area contributed by atoms with Crippen LogP contribution in [0.5, 0.6) is 17.2 Å². The average Bonchev–Trinajstić information content (AvgIpc) is 3.68. The lowest BCUT2D eigenvalue weighted by Crippen LogP contribution is -2.55. The van der Waals surface area contributed by atoms with Crippen LogP contribution in [-0.2, 0) is 51.0 Å². The number of ketones is 3. The molecule has 8 atom stereocenters. The van der Waals surface area contributed by atoms with E-state index in [1.807, 2.05) is 31.2 Å². The van der Waals surface area contributed by atoms with Gasteiger partial charge in [0.2, 0.25) is 11.6 Å². The third-order valence-electron chi connectivity index (χ3n) is 12.9. The summed E-state index contributed by atoms with van der Waals surface area (Å²) in [5, 5.41) is 36.3. The molecule has 1 unspecified atom stereocenters. The number of carbonyl (C=O) groups excluding carboxylic acids is 5. The van der Waals surface area contributed by atoms with Gasteiger partial charge in [0.15, 0.2) is 31.2 Å². The number of phenols is 2. The normalized spacial score (nSPS) is 26.8. The largest absolute Gasteiger partial charge is 0.507 e. The van der Waals surface area contributed by atoms with E-state index in [1.165, 1.54) is 51.4 Å². The van der Waals surface area contributed by atoms with E-state index >= 15 is 0 Å². The summed E-state index contributed by atoms with van der Waals surface area (Å²) >= 11 is 0. The Kier molecular flexibility index (Phi) is 12.9. The number of carbonyl (C=O) groups is 5. The first kappa shape index (κ1) is 45.9. The van der Waals surface area contributed by atoms with E-state index < -0.39 is 114 Å². The Hall–Kier alpha value is -5.67. The van der Waals surface area contributed by atoms with Crippen molar-refractivity contribution in [3.63, 3.8) is 0 Å². The van der Waals surface area contributed by atoms with E-state index in [2.05, 4.69) is 4.90 Å². The number of rotatable bonds is 12. The number of hydrogen-bond acceptors (Lipinski definition) is 17. The second kappa shape index (κ2) is 18.3. The Labute approximate surface area is 374 Å². The van der Waals surface area contributed by atoms with E-state index in [0.29, 0.717) is 13.2 Å². The minimum Gasteiger partial charge on any atom is -0.507 e. The fourth-order valence-corrected chi connectivity index (χ4v) is 9.34. The maximum absolute atomic E-state index is 14.2. The Morgan fingerprint density at radius 2 is 1.60 bits per heavy atom. The van der Waals surface area contributed by atoms with Crippen LogP contribution in [0.2, 0.25) is 0 Å². The third kappa shape index (κ3) is 8.53. The van der Waals surface area contributed by atoms with Gasteiger partial charge in [0, 0.05) is 82.8 Å². The SMILES string of the molecule is COc1cccc2c1C(=O)c1c(O)c3c(c(O)c1C2=O)C[C@@](O)(C(=O)COC(=O)N(C)CCN(C)C(=O)OCc1ccc(C)cc1)C[C@@H]3O[C@H]1C[C@H]2[C@H](OC3[C@@H](OC)OCCN32)[C@H](C)O1. The van der Waals surface area contributed by atoms with Crippen LogP contribution in [0.3, 0.4) is 0 Å². The quantitative estimate of drug-likeness (QED) is 0.173. The first-order valence-corrected chi connectivity index (χ1v) is 21.4. The summed E-state index contributed by atoms with van der Waals surface area (Å²) in [6, 6.07) is 11.7. The number of benzene rings is 3. The zero-order valence-corrected chi connectivity index (χ0v) is 36.9. The number of fused-ring (bicyclic) bond motifs is 6. The van der Waals surface area contributed by atoms with Gasteiger partial charge in [-0.3, -0.25) is 19.3 Å². The fraction of sp³-hybridized carbons (Fsp3) is 0.500. The van der Waals surface area contributed by atoms with Gasteiger partial charge in [-0.2, -0.15) is 0 Å². The fourth-order valence-electron chi connectivity index (χ4n) is 9.34. The molecule has 3 saturated heterocycles. The van der Waals surface area contributed by atoms with E-state index in [0.717, 1.165) is 16.0 Å².